The van der Waals surface area contributed by atoms with Crippen LogP contribution in [0.4, 0.5) is 5.95 Å². The molecule has 0 fully saturated rings. The lowest BCUT2D eigenvalue weighted by molar-refractivity contribution is 0.221. The second-order valence-corrected chi connectivity index (χ2v) is 7.05. The molecule has 0 aromatic carbocycles. The molecule has 0 aliphatic heterocycles. The normalized spacial score (nSPS) is 12.9. The van der Waals surface area contributed by atoms with Crippen LogP contribution in [0.1, 0.15) is 41.0 Å². The van der Waals surface area contributed by atoms with Gasteiger partial charge in [-0.3, -0.25) is 4.57 Å². The van der Waals surface area contributed by atoms with E-state index in [4.69, 9.17) is 10.5 Å². The maximum Gasteiger partial charge on any atom is 0.215 e. The second-order valence-electron chi connectivity index (χ2n) is 7.05. The van der Waals surface area contributed by atoms with Crippen LogP contribution in [0.5, 0.6) is 5.88 Å². The summed E-state index contributed by atoms with van der Waals surface area (Å²) >= 11 is 0. The predicted molar refractivity (Wildman–Crippen MR) is 81.9 cm³/mol. The summed E-state index contributed by atoms with van der Waals surface area (Å²) < 4.78 is 7.22. The van der Waals surface area contributed by atoms with Gasteiger partial charge in [-0.15, -0.1) is 0 Å². The summed E-state index contributed by atoms with van der Waals surface area (Å²) in [5.41, 5.74) is 7.71. The van der Waals surface area contributed by atoms with Crippen molar-refractivity contribution >= 4 is 17.1 Å². The lowest BCUT2D eigenvalue weighted by atomic mass is 9.81. The number of aromatic nitrogens is 3. The lowest BCUT2D eigenvalue weighted by Gasteiger charge is -2.34. The Bertz CT molecular complexity index is 623. The fraction of sp³-hybridized carbons (Fsp3) is 0.600. The highest BCUT2D eigenvalue weighted by Crippen LogP contribution is 2.36. The van der Waals surface area contributed by atoms with Crippen LogP contribution in [0, 0.1) is 5.41 Å². The van der Waals surface area contributed by atoms with Crippen molar-refractivity contribution in [2.45, 2.75) is 46.6 Å². The smallest absolute Gasteiger partial charge is 0.215 e. The monoisotopic (exact) mass is 276 g/mol. The third-order valence-electron chi connectivity index (χ3n) is 3.28. The molecule has 5 heteroatoms. The van der Waals surface area contributed by atoms with Gasteiger partial charge in [-0.25, -0.2) is 4.98 Å². The van der Waals surface area contributed by atoms with Gasteiger partial charge in [0.15, 0.2) is 5.65 Å². The number of nitrogens with two attached hydrogens (primary N) is 1. The molecule has 2 rings (SSSR count). The largest absolute Gasteiger partial charge is 0.481 e. The standard InChI is InChI=1S/C15H24N4O/c1-14(2,3)9-15(4,5)19-12-10(17-13(19)16)7-8-11(18-12)20-6/h7-8H,9H2,1-6H3,(H2,16,17). The number of imidazole rings is 1. The van der Waals surface area contributed by atoms with Crippen LogP contribution in [0.2, 0.25) is 0 Å². The average molecular weight is 276 g/mol. The van der Waals surface area contributed by atoms with Gasteiger partial charge in [0.1, 0.15) is 5.52 Å². The fourth-order valence-electron chi connectivity index (χ4n) is 3.04. The summed E-state index contributed by atoms with van der Waals surface area (Å²) in [6, 6.07) is 3.69. The number of rotatable bonds is 3. The SMILES string of the molecule is COc1ccc2nc(N)n(C(C)(C)CC(C)(C)C)c2n1. The highest BCUT2D eigenvalue weighted by Gasteiger charge is 2.31. The summed E-state index contributed by atoms with van der Waals surface area (Å²) in [5.74, 6) is 1.07. The number of methoxy groups -OCH3 is 1. The first kappa shape index (κ1) is 14.6. The Morgan fingerprint density at radius 3 is 2.35 bits per heavy atom. The van der Waals surface area contributed by atoms with Gasteiger partial charge in [-0.1, -0.05) is 20.8 Å². The van der Waals surface area contributed by atoms with Gasteiger partial charge in [0.05, 0.1) is 7.11 Å². The van der Waals surface area contributed by atoms with Crippen molar-refractivity contribution in [1.29, 1.82) is 0 Å². The van der Waals surface area contributed by atoms with Gasteiger partial charge in [0, 0.05) is 11.6 Å². The van der Waals surface area contributed by atoms with Crippen molar-refractivity contribution in [2.24, 2.45) is 5.41 Å². The molecular formula is C15H24N4O. The highest BCUT2D eigenvalue weighted by molar-refractivity contribution is 5.75. The van der Waals surface area contributed by atoms with Crippen molar-refractivity contribution in [3.63, 3.8) is 0 Å². The van der Waals surface area contributed by atoms with Crippen molar-refractivity contribution < 1.29 is 4.74 Å². The first-order valence-electron chi connectivity index (χ1n) is 6.83. The topological polar surface area (TPSA) is 66.0 Å². The van der Waals surface area contributed by atoms with E-state index in [-0.39, 0.29) is 11.0 Å². The lowest BCUT2D eigenvalue weighted by Crippen LogP contribution is -2.32. The molecule has 0 spiro atoms. The predicted octanol–water partition coefficient (Wildman–Crippen LogP) is 3.19. The Hall–Kier alpha value is -1.78. The molecular weight excluding hydrogens is 252 g/mol. The molecule has 20 heavy (non-hydrogen) atoms. The van der Waals surface area contributed by atoms with Crippen LogP contribution < -0.4 is 10.5 Å². The van der Waals surface area contributed by atoms with E-state index in [1.165, 1.54) is 0 Å². The zero-order valence-corrected chi connectivity index (χ0v) is 13.2. The molecule has 2 heterocycles. The molecule has 2 aromatic rings. The quantitative estimate of drug-likeness (QED) is 0.935. The number of pyridine rings is 1. The third-order valence-corrected chi connectivity index (χ3v) is 3.28. The van der Waals surface area contributed by atoms with Crippen LogP contribution >= 0.6 is 0 Å². The Morgan fingerprint density at radius 2 is 1.80 bits per heavy atom. The third kappa shape index (κ3) is 2.71. The fourth-order valence-corrected chi connectivity index (χ4v) is 3.04. The molecule has 0 aliphatic rings. The van der Waals surface area contributed by atoms with Gasteiger partial charge in [-0.05, 0) is 31.7 Å². The van der Waals surface area contributed by atoms with Crippen molar-refractivity contribution in [2.75, 3.05) is 12.8 Å². The Balaban J connectivity index is 2.60. The molecule has 0 bridgehead atoms. The van der Waals surface area contributed by atoms with Gasteiger partial charge >= 0.3 is 0 Å². The van der Waals surface area contributed by atoms with Gasteiger partial charge < -0.3 is 10.5 Å². The van der Waals surface area contributed by atoms with Crippen molar-refractivity contribution in [3.05, 3.63) is 12.1 Å². The number of anilines is 1. The number of hydrogen-bond acceptors (Lipinski definition) is 4. The van der Waals surface area contributed by atoms with Crippen LogP contribution in [0.15, 0.2) is 12.1 Å². The van der Waals surface area contributed by atoms with E-state index in [1.807, 2.05) is 10.6 Å². The van der Waals surface area contributed by atoms with E-state index in [2.05, 4.69) is 44.6 Å². The summed E-state index contributed by atoms with van der Waals surface area (Å²) in [6.45, 7) is 11.0. The van der Waals surface area contributed by atoms with E-state index in [1.54, 1.807) is 13.2 Å². The molecule has 2 N–H and O–H groups in total. The molecule has 0 radical (unpaired) electrons. The Kier molecular flexibility index (Phi) is 3.40. The Morgan fingerprint density at radius 1 is 1.15 bits per heavy atom. The average Bonchev–Trinajstić information content (AvgIpc) is 2.60. The molecule has 0 atom stereocenters. The van der Waals surface area contributed by atoms with Gasteiger partial charge in [-0.2, -0.15) is 4.98 Å². The molecule has 0 saturated heterocycles. The summed E-state index contributed by atoms with van der Waals surface area (Å²) in [6.07, 6.45) is 0.967. The van der Waals surface area contributed by atoms with E-state index < -0.39 is 0 Å². The Labute approximate surface area is 120 Å². The molecule has 110 valence electrons. The molecule has 0 amide bonds. The molecule has 0 saturated carbocycles. The van der Waals surface area contributed by atoms with E-state index >= 15 is 0 Å². The summed E-state index contributed by atoms with van der Waals surface area (Å²) in [7, 11) is 1.61. The van der Waals surface area contributed by atoms with Crippen LogP contribution in [0.25, 0.3) is 11.2 Å². The summed E-state index contributed by atoms with van der Waals surface area (Å²) in [4.78, 5) is 8.92. The number of fused-ring (bicyclic) bond motifs is 1. The van der Waals surface area contributed by atoms with Crippen LogP contribution in [-0.2, 0) is 5.54 Å². The maximum atomic E-state index is 6.12. The minimum atomic E-state index is -0.170. The van der Waals surface area contributed by atoms with E-state index in [0.29, 0.717) is 11.8 Å². The minimum Gasteiger partial charge on any atom is -0.481 e. The molecule has 5 nitrogen and oxygen atoms in total. The molecule has 2 aromatic heterocycles. The van der Waals surface area contributed by atoms with E-state index in [0.717, 1.165) is 17.6 Å². The number of ether oxygens (including phenoxy) is 1. The minimum absolute atomic E-state index is 0.170. The zero-order valence-electron chi connectivity index (χ0n) is 13.2. The van der Waals surface area contributed by atoms with Crippen LogP contribution in [0.3, 0.4) is 0 Å². The summed E-state index contributed by atoms with van der Waals surface area (Å²) in [5, 5.41) is 0. The van der Waals surface area contributed by atoms with Gasteiger partial charge in [0.25, 0.3) is 0 Å². The first-order chi connectivity index (χ1) is 9.14. The number of nitrogen functional groups attached to an aromatic ring is 1. The highest BCUT2D eigenvalue weighted by atomic mass is 16.5. The first-order valence-corrected chi connectivity index (χ1v) is 6.83. The van der Waals surface area contributed by atoms with Gasteiger partial charge in [0.2, 0.25) is 11.8 Å². The molecule has 0 aliphatic carbocycles. The number of nitrogens with zero attached hydrogens (tertiary/aromatic N) is 3. The van der Waals surface area contributed by atoms with Crippen molar-refractivity contribution in [3.8, 4) is 5.88 Å². The second kappa shape index (κ2) is 4.65. The van der Waals surface area contributed by atoms with Crippen LogP contribution in [-0.4, -0.2) is 21.6 Å². The molecule has 0 unspecified atom stereocenters. The number of hydrogen-bond donors (Lipinski definition) is 1. The zero-order chi connectivity index (χ0) is 15.1. The maximum absolute atomic E-state index is 6.12. The van der Waals surface area contributed by atoms with E-state index in [9.17, 15) is 0 Å². The van der Waals surface area contributed by atoms with Crippen molar-refractivity contribution in [1.82, 2.24) is 14.5 Å².